The summed E-state index contributed by atoms with van der Waals surface area (Å²) in [5.41, 5.74) is 1.83. The van der Waals surface area contributed by atoms with Crippen LogP contribution in [0.15, 0.2) is 54.6 Å². The number of amides is 1. The van der Waals surface area contributed by atoms with Gasteiger partial charge in [0, 0.05) is 5.02 Å². The van der Waals surface area contributed by atoms with Crippen molar-refractivity contribution in [3.05, 3.63) is 70.7 Å². The largest absolute Gasteiger partial charge is 0.480 e. The van der Waals surface area contributed by atoms with Crippen LogP contribution in [-0.2, 0) is 9.59 Å². The third kappa shape index (κ3) is 5.08. The zero-order valence-corrected chi connectivity index (χ0v) is 15.7. The van der Waals surface area contributed by atoms with Gasteiger partial charge in [-0.2, -0.15) is 0 Å². The number of rotatable bonds is 6. The number of hydrogen-bond donors (Lipinski definition) is 2. The molecule has 0 aliphatic carbocycles. The predicted molar refractivity (Wildman–Crippen MR) is 105 cm³/mol. The van der Waals surface area contributed by atoms with Crippen LogP contribution in [0, 0.1) is 0 Å². The van der Waals surface area contributed by atoms with Crippen LogP contribution in [0.2, 0.25) is 5.02 Å². The highest BCUT2D eigenvalue weighted by molar-refractivity contribution is 6.30. The summed E-state index contributed by atoms with van der Waals surface area (Å²) in [6.45, 7) is 0.693. The second kappa shape index (κ2) is 9.02. The second-order valence-corrected chi connectivity index (χ2v) is 7.22. The number of nitrogens with zero attached hydrogens (tertiary/aromatic N) is 1. The summed E-state index contributed by atoms with van der Waals surface area (Å²) in [5.74, 6) is -1.06. The van der Waals surface area contributed by atoms with Crippen molar-refractivity contribution in [1.82, 2.24) is 10.2 Å². The number of carbonyl (C=O) groups is 2. The molecule has 5 nitrogen and oxygen atoms in total. The molecular formula is C21H23ClN2O3. The van der Waals surface area contributed by atoms with Crippen LogP contribution in [0.1, 0.15) is 36.4 Å². The molecule has 27 heavy (non-hydrogen) atoms. The molecule has 0 spiro atoms. The van der Waals surface area contributed by atoms with Crippen molar-refractivity contribution in [2.45, 2.75) is 31.3 Å². The van der Waals surface area contributed by atoms with Crippen LogP contribution in [-0.4, -0.2) is 41.0 Å². The van der Waals surface area contributed by atoms with Gasteiger partial charge >= 0.3 is 5.97 Å². The molecular weight excluding hydrogens is 364 g/mol. The van der Waals surface area contributed by atoms with E-state index >= 15 is 0 Å². The Morgan fingerprint density at radius 1 is 1.11 bits per heavy atom. The lowest BCUT2D eigenvalue weighted by molar-refractivity contribution is -0.145. The minimum absolute atomic E-state index is 0.0703. The number of halogens is 1. The maximum absolute atomic E-state index is 12.7. The zero-order chi connectivity index (χ0) is 19.2. The third-order valence-corrected chi connectivity index (χ3v) is 5.10. The molecule has 1 saturated heterocycles. The SMILES string of the molecule is O=C(CN1CCCCC1C(=O)O)NC(c1ccccc1)c1cccc(Cl)c1. The molecule has 2 atom stereocenters. The molecule has 0 saturated carbocycles. The van der Waals surface area contributed by atoms with E-state index in [-0.39, 0.29) is 18.5 Å². The molecule has 6 heteroatoms. The summed E-state index contributed by atoms with van der Waals surface area (Å²) < 4.78 is 0. The fourth-order valence-corrected chi connectivity index (χ4v) is 3.74. The van der Waals surface area contributed by atoms with Gasteiger partial charge in [0.1, 0.15) is 6.04 Å². The van der Waals surface area contributed by atoms with Gasteiger partial charge in [-0.1, -0.05) is 60.5 Å². The standard InChI is InChI=1S/C21H23ClN2O3/c22-17-10-6-9-16(13-17)20(15-7-2-1-3-8-15)23-19(25)14-24-12-5-4-11-18(24)21(26)27/h1-3,6-10,13,18,20H,4-5,11-12,14H2,(H,23,25)(H,26,27). The molecule has 1 aliphatic rings. The molecule has 2 N–H and O–H groups in total. The lowest BCUT2D eigenvalue weighted by Gasteiger charge is -2.32. The highest BCUT2D eigenvalue weighted by Crippen LogP contribution is 2.25. The van der Waals surface area contributed by atoms with Crippen molar-refractivity contribution in [2.24, 2.45) is 0 Å². The van der Waals surface area contributed by atoms with Crippen molar-refractivity contribution >= 4 is 23.5 Å². The van der Waals surface area contributed by atoms with Crippen molar-refractivity contribution in [3.8, 4) is 0 Å². The molecule has 1 heterocycles. The number of piperidine rings is 1. The van der Waals surface area contributed by atoms with Gasteiger partial charge in [0.15, 0.2) is 0 Å². The Hall–Kier alpha value is -2.37. The van der Waals surface area contributed by atoms with E-state index in [2.05, 4.69) is 5.32 Å². The summed E-state index contributed by atoms with van der Waals surface area (Å²) >= 11 is 6.14. The molecule has 2 aromatic rings. The minimum Gasteiger partial charge on any atom is -0.480 e. The van der Waals surface area contributed by atoms with E-state index < -0.39 is 12.0 Å². The van der Waals surface area contributed by atoms with Crippen molar-refractivity contribution in [1.29, 1.82) is 0 Å². The van der Waals surface area contributed by atoms with Crippen molar-refractivity contribution < 1.29 is 14.7 Å². The number of carbonyl (C=O) groups excluding carboxylic acids is 1. The summed E-state index contributed by atoms with van der Waals surface area (Å²) in [6, 6.07) is 16.1. The van der Waals surface area contributed by atoms with Gasteiger partial charge in [-0.05, 0) is 42.6 Å². The first-order valence-corrected chi connectivity index (χ1v) is 9.49. The second-order valence-electron chi connectivity index (χ2n) is 6.79. The fraction of sp³-hybridized carbons (Fsp3) is 0.333. The van der Waals surface area contributed by atoms with Gasteiger partial charge in [-0.25, -0.2) is 0 Å². The number of carboxylic acid groups (broad SMARTS) is 1. The first-order valence-electron chi connectivity index (χ1n) is 9.11. The Balaban J connectivity index is 1.77. The van der Waals surface area contributed by atoms with Crippen LogP contribution < -0.4 is 5.32 Å². The molecule has 0 radical (unpaired) electrons. The normalized spacial score (nSPS) is 18.6. The number of carboxylic acids is 1. The van der Waals surface area contributed by atoms with Crippen molar-refractivity contribution in [2.75, 3.05) is 13.1 Å². The van der Waals surface area contributed by atoms with Gasteiger partial charge < -0.3 is 10.4 Å². The molecule has 2 aromatic carbocycles. The Bertz CT molecular complexity index is 797. The smallest absolute Gasteiger partial charge is 0.320 e. The number of likely N-dealkylation sites (tertiary alicyclic amines) is 1. The lowest BCUT2D eigenvalue weighted by atomic mass is 9.98. The maximum atomic E-state index is 12.7. The third-order valence-electron chi connectivity index (χ3n) is 4.87. The highest BCUT2D eigenvalue weighted by Gasteiger charge is 2.30. The summed E-state index contributed by atoms with van der Waals surface area (Å²) in [5, 5.41) is 13.1. The fourth-order valence-electron chi connectivity index (χ4n) is 3.54. The molecule has 1 aliphatic heterocycles. The number of aliphatic carboxylic acids is 1. The molecule has 142 valence electrons. The molecule has 0 aromatic heterocycles. The van der Waals surface area contributed by atoms with E-state index in [1.165, 1.54) is 0 Å². The van der Waals surface area contributed by atoms with Crippen LogP contribution in [0.5, 0.6) is 0 Å². The Kier molecular flexibility index (Phi) is 6.48. The number of nitrogens with one attached hydrogen (secondary N) is 1. The molecule has 1 fully saturated rings. The van der Waals surface area contributed by atoms with Gasteiger partial charge in [0.05, 0.1) is 12.6 Å². The van der Waals surface area contributed by atoms with Gasteiger partial charge in [0.25, 0.3) is 0 Å². The van der Waals surface area contributed by atoms with E-state index in [0.29, 0.717) is 18.0 Å². The molecule has 2 unspecified atom stereocenters. The average molecular weight is 387 g/mol. The summed E-state index contributed by atoms with van der Waals surface area (Å²) in [7, 11) is 0. The van der Waals surface area contributed by atoms with E-state index in [4.69, 9.17) is 11.6 Å². The van der Waals surface area contributed by atoms with Crippen LogP contribution in [0.25, 0.3) is 0 Å². The van der Waals surface area contributed by atoms with E-state index in [1.807, 2.05) is 48.5 Å². The van der Waals surface area contributed by atoms with Crippen LogP contribution >= 0.6 is 11.6 Å². The number of hydrogen-bond acceptors (Lipinski definition) is 3. The van der Waals surface area contributed by atoms with Gasteiger partial charge in [0.2, 0.25) is 5.91 Å². The summed E-state index contributed by atoms with van der Waals surface area (Å²) in [4.78, 5) is 26.0. The summed E-state index contributed by atoms with van der Waals surface area (Å²) in [6.07, 6.45) is 2.37. The minimum atomic E-state index is -0.864. The van der Waals surface area contributed by atoms with Crippen molar-refractivity contribution in [3.63, 3.8) is 0 Å². The average Bonchev–Trinajstić information content (AvgIpc) is 2.67. The Morgan fingerprint density at radius 2 is 1.85 bits per heavy atom. The van der Waals surface area contributed by atoms with E-state index in [0.717, 1.165) is 24.0 Å². The highest BCUT2D eigenvalue weighted by atomic mass is 35.5. The van der Waals surface area contributed by atoms with Crippen LogP contribution in [0.4, 0.5) is 0 Å². The Morgan fingerprint density at radius 3 is 2.56 bits per heavy atom. The van der Waals surface area contributed by atoms with E-state index in [1.54, 1.807) is 11.0 Å². The number of benzene rings is 2. The lowest BCUT2D eigenvalue weighted by Crippen LogP contribution is -2.49. The quantitative estimate of drug-likeness (QED) is 0.797. The zero-order valence-electron chi connectivity index (χ0n) is 15.0. The van der Waals surface area contributed by atoms with Crippen LogP contribution in [0.3, 0.4) is 0 Å². The Labute approximate surface area is 163 Å². The van der Waals surface area contributed by atoms with Gasteiger partial charge in [-0.3, -0.25) is 14.5 Å². The molecule has 0 bridgehead atoms. The first kappa shape index (κ1) is 19.4. The van der Waals surface area contributed by atoms with Gasteiger partial charge in [-0.15, -0.1) is 0 Å². The topological polar surface area (TPSA) is 69.6 Å². The maximum Gasteiger partial charge on any atom is 0.320 e. The molecule has 3 rings (SSSR count). The van der Waals surface area contributed by atoms with E-state index in [9.17, 15) is 14.7 Å². The first-order chi connectivity index (χ1) is 13.0. The predicted octanol–water partition coefficient (Wildman–Crippen LogP) is 3.48. The molecule has 1 amide bonds. The monoisotopic (exact) mass is 386 g/mol.